The zero-order valence-corrected chi connectivity index (χ0v) is 9.89. The van der Waals surface area contributed by atoms with Crippen molar-refractivity contribution < 1.29 is 9.90 Å². The molecule has 0 aliphatic carbocycles. The molecule has 1 atom stereocenters. The largest absolute Gasteiger partial charge is 0.397 e. The van der Waals surface area contributed by atoms with Gasteiger partial charge in [-0.2, -0.15) is 0 Å². The van der Waals surface area contributed by atoms with Crippen LogP contribution in [0.25, 0.3) is 0 Å². The summed E-state index contributed by atoms with van der Waals surface area (Å²) in [5, 5.41) is 9.97. The molecule has 1 aliphatic rings. The first kappa shape index (κ1) is 11.9. The Kier molecular flexibility index (Phi) is 3.02. The van der Waals surface area contributed by atoms with Crippen LogP contribution in [-0.4, -0.2) is 39.6 Å². The van der Waals surface area contributed by atoms with E-state index in [1.165, 1.54) is 6.20 Å². The van der Waals surface area contributed by atoms with Crippen molar-refractivity contribution in [3.05, 3.63) is 24.0 Å². The summed E-state index contributed by atoms with van der Waals surface area (Å²) >= 11 is 0. The summed E-state index contributed by atoms with van der Waals surface area (Å²) in [6, 6.07) is 1.61. The standard InChI is InChI=1S/C12H17N3O2/c1-12(17)4-2-6-15(8-12)11(16)9-3-5-14-7-10(9)13/h3,5,7,17H,2,4,6,8,13H2,1H3. The molecule has 17 heavy (non-hydrogen) atoms. The first-order valence-electron chi connectivity index (χ1n) is 5.71. The van der Waals surface area contributed by atoms with E-state index in [0.717, 1.165) is 12.8 Å². The molecule has 5 heteroatoms. The maximum atomic E-state index is 12.2. The Morgan fingerprint density at radius 1 is 1.65 bits per heavy atom. The Bertz CT molecular complexity index is 432. The summed E-state index contributed by atoms with van der Waals surface area (Å²) in [6.45, 7) is 2.77. The maximum Gasteiger partial charge on any atom is 0.256 e. The predicted molar refractivity (Wildman–Crippen MR) is 64.4 cm³/mol. The van der Waals surface area contributed by atoms with Gasteiger partial charge >= 0.3 is 0 Å². The van der Waals surface area contributed by atoms with E-state index >= 15 is 0 Å². The van der Waals surface area contributed by atoms with Gasteiger partial charge in [0.05, 0.1) is 23.0 Å². The SMILES string of the molecule is CC1(O)CCCN(C(=O)c2ccncc2N)C1. The molecule has 0 saturated carbocycles. The number of nitrogens with zero attached hydrogens (tertiary/aromatic N) is 2. The second kappa shape index (κ2) is 4.33. The molecule has 1 amide bonds. The lowest BCUT2D eigenvalue weighted by atomic mass is 9.94. The number of carbonyl (C=O) groups excluding carboxylic acids is 1. The normalized spacial score (nSPS) is 24.7. The average Bonchev–Trinajstić information content (AvgIpc) is 2.27. The number of hydrogen-bond acceptors (Lipinski definition) is 4. The third-order valence-electron chi connectivity index (χ3n) is 3.04. The first-order chi connectivity index (χ1) is 7.99. The molecule has 1 fully saturated rings. The van der Waals surface area contributed by atoms with Crippen molar-refractivity contribution in [1.29, 1.82) is 0 Å². The topological polar surface area (TPSA) is 79.5 Å². The monoisotopic (exact) mass is 235 g/mol. The van der Waals surface area contributed by atoms with Crippen molar-refractivity contribution >= 4 is 11.6 Å². The van der Waals surface area contributed by atoms with Gasteiger partial charge in [0.1, 0.15) is 0 Å². The second-order valence-electron chi connectivity index (χ2n) is 4.79. The molecule has 1 saturated heterocycles. The van der Waals surface area contributed by atoms with Crippen molar-refractivity contribution in [2.24, 2.45) is 0 Å². The summed E-state index contributed by atoms with van der Waals surface area (Å²) in [5.41, 5.74) is 5.76. The number of anilines is 1. The number of amides is 1. The molecule has 3 N–H and O–H groups in total. The van der Waals surface area contributed by atoms with E-state index < -0.39 is 5.60 Å². The summed E-state index contributed by atoms with van der Waals surface area (Å²) in [6.07, 6.45) is 4.55. The molecule has 1 aromatic rings. The molecule has 1 aromatic heterocycles. The fourth-order valence-corrected chi connectivity index (χ4v) is 2.17. The van der Waals surface area contributed by atoms with Crippen LogP contribution >= 0.6 is 0 Å². The Hall–Kier alpha value is -1.62. The summed E-state index contributed by atoms with van der Waals surface area (Å²) in [4.78, 5) is 17.7. The molecule has 2 rings (SSSR count). The first-order valence-corrected chi connectivity index (χ1v) is 5.71. The number of carbonyl (C=O) groups is 1. The number of pyridine rings is 1. The number of likely N-dealkylation sites (tertiary alicyclic amines) is 1. The zero-order chi connectivity index (χ0) is 12.5. The number of β-amino-alcohol motifs (C(OH)–C–C–N with tert-alkyl or cyclic N) is 1. The zero-order valence-electron chi connectivity index (χ0n) is 9.89. The minimum Gasteiger partial charge on any atom is -0.397 e. The molecule has 5 nitrogen and oxygen atoms in total. The van der Waals surface area contributed by atoms with Crippen LogP contribution in [0.3, 0.4) is 0 Å². The lowest BCUT2D eigenvalue weighted by molar-refractivity contribution is -0.0107. The highest BCUT2D eigenvalue weighted by atomic mass is 16.3. The minimum atomic E-state index is -0.796. The fourth-order valence-electron chi connectivity index (χ4n) is 2.17. The van der Waals surface area contributed by atoms with Crippen molar-refractivity contribution in [3.63, 3.8) is 0 Å². The van der Waals surface area contributed by atoms with Crippen molar-refractivity contribution in [2.45, 2.75) is 25.4 Å². The Morgan fingerprint density at radius 2 is 2.41 bits per heavy atom. The van der Waals surface area contributed by atoms with Gasteiger partial charge < -0.3 is 15.7 Å². The van der Waals surface area contributed by atoms with Crippen LogP contribution in [-0.2, 0) is 0 Å². The number of piperidine rings is 1. The quantitative estimate of drug-likeness (QED) is 0.749. The van der Waals surface area contributed by atoms with E-state index in [1.54, 1.807) is 24.1 Å². The molecule has 2 heterocycles. The van der Waals surface area contributed by atoms with Gasteiger partial charge in [-0.3, -0.25) is 9.78 Å². The van der Waals surface area contributed by atoms with Crippen LogP contribution in [0.2, 0.25) is 0 Å². The maximum absolute atomic E-state index is 12.2. The molecule has 1 aliphatic heterocycles. The van der Waals surface area contributed by atoms with Crippen LogP contribution in [0.5, 0.6) is 0 Å². The summed E-state index contributed by atoms with van der Waals surface area (Å²) < 4.78 is 0. The summed E-state index contributed by atoms with van der Waals surface area (Å²) in [7, 11) is 0. The molecule has 92 valence electrons. The van der Waals surface area contributed by atoms with E-state index in [4.69, 9.17) is 5.73 Å². The van der Waals surface area contributed by atoms with E-state index in [-0.39, 0.29) is 5.91 Å². The van der Waals surface area contributed by atoms with Crippen LogP contribution in [0.1, 0.15) is 30.1 Å². The van der Waals surface area contributed by atoms with Crippen molar-refractivity contribution in [1.82, 2.24) is 9.88 Å². The highest BCUT2D eigenvalue weighted by Crippen LogP contribution is 2.22. The van der Waals surface area contributed by atoms with Crippen LogP contribution in [0.15, 0.2) is 18.5 Å². The van der Waals surface area contributed by atoms with E-state index in [0.29, 0.717) is 24.3 Å². The second-order valence-corrected chi connectivity index (χ2v) is 4.79. The van der Waals surface area contributed by atoms with Gasteiger partial charge in [0.2, 0.25) is 0 Å². The third-order valence-corrected chi connectivity index (χ3v) is 3.04. The van der Waals surface area contributed by atoms with Crippen molar-refractivity contribution in [2.75, 3.05) is 18.8 Å². The van der Waals surface area contributed by atoms with Gasteiger partial charge in [-0.05, 0) is 25.8 Å². The molecular weight excluding hydrogens is 218 g/mol. The lowest BCUT2D eigenvalue weighted by Crippen LogP contribution is -2.48. The van der Waals surface area contributed by atoms with Crippen LogP contribution in [0.4, 0.5) is 5.69 Å². The fraction of sp³-hybridized carbons (Fsp3) is 0.500. The Balaban J connectivity index is 2.18. The third kappa shape index (κ3) is 2.55. The molecule has 0 aromatic carbocycles. The molecule has 0 bridgehead atoms. The number of aromatic nitrogens is 1. The van der Waals surface area contributed by atoms with Crippen LogP contribution in [0, 0.1) is 0 Å². The van der Waals surface area contributed by atoms with E-state index in [9.17, 15) is 9.90 Å². The van der Waals surface area contributed by atoms with Gasteiger partial charge in [-0.1, -0.05) is 0 Å². The van der Waals surface area contributed by atoms with Crippen molar-refractivity contribution in [3.8, 4) is 0 Å². The molecule has 0 spiro atoms. The smallest absolute Gasteiger partial charge is 0.256 e. The van der Waals surface area contributed by atoms with Gasteiger partial charge in [-0.25, -0.2) is 0 Å². The predicted octanol–water partition coefficient (Wildman–Crippen LogP) is 0.651. The Morgan fingerprint density at radius 3 is 3.06 bits per heavy atom. The van der Waals surface area contributed by atoms with Crippen LogP contribution < -0.4 is 5.73 Å². The summed E-state index contributed by atoms with van der Waals surface area (Å²) in [5.74, 6) is -0.134. The number of rotatable bonds is 1. The lowest BCUT2D eigenvalue weighted by Gasteiger charge is -2.37. The molecule has 1 unspecified atom stereocenters. The molecule has 0 radical (unpaired) electrons. The van der Waals surface area contributed by atoms with E-state index in [2.05, 4.69) is 4.98 Å². The number of nitrogens with two attached hydrogens (primary N) is 1. The van der Waals surface area contributed by atoms with Gasteiger partial charge in [0, 0.05) is 19.3 Å². The Labute approximate surface area is 100 Å². The number of aliphatic hydroxyl groups is 1. The number of nitrogen functional groups attached to an aromatic ring is 1. The van der Waals surface area contributed by atoms with Gasteiger partial charge in [-0.15, -0.1) is 0 Å². The van der Waals surface area contributed by atoms with Gasteiger partial charge in [0.15, 0.2) is 0 Å². The highest BCUT2D eigenvalue weighted by Gasteiger charge is 2.31. The number of hydrogen-bond donors (Lipinski definition) is 2. The van der Waals surface area contributed by atoms with E-state index in [1.807, 2.05) is 0 Å². The highest BCUT2D eigenvalue weighted by molar-refractivity contribution is 5.98. The average molecular weight is 235 g/mol. The molecular formula is C12H17N3O2. The minimum absolute atomic E-state index is 0.134. The van der Waals surface area contributed by atoms with Gasteiger partial charge in [0.25, 0.3) is 5.91 Å².